The smallest absolute Gasteiger partial charge is 0.296 e. The topological polar surface area (TPSA) is 216 Å². The lowest BCUT2D eigenvalue weighted by atomic mass is 10.1. The molecule has 0 saturated carbocycles. The molecule has 0 aromatic heterocycles. The van der Waals surface area contributed by atoms with Crippen LogP contribution in [0, 0.1) is 6.92 Å². The molecule has 0 fully saturated rings. The van der Waals surface area contributed by atoms with Crippen molar-refractivity contribution in [3.8, 4) is 5.75 Å². The average Bonchev–Trinajstić information content (AvgIpc) is 2.87. The van der Waals surface area contributed by atoms with Gasteiger partial charge in [0.1, 0.15) is 22.0 Å². The molecule has 0 aliphatic rings. The Labute approximate surface area is 229 Å². The number of nitrogens with one attached hydrogen (secondary N) is 1. The van der Waals surface area contributed by atoms with Crippen molar-refractivity contribution >= 4 is 65.1 Å². The van der Waals surface area contributed by atoms with E-state index in [1.54, 1.807) is 6.07 Å². The number of nitrogen functional groups attached to an aromatic ring is 1. The molecule has 0 atom stereocenters. The molecule has 0 bridgehead atoms. The van der Waals surface area contributed by atoms with Crippen LogP contribution in [0.1, 0.15) is 12.5 Å². The summed E-state index contributed by atoms with van der Waals surface area (Å²) in [5.74, 6) is -0.564. The Balaban J connectivity index is 1.74. The summed E-state index contributed by atoms with van der Waals surface area (Å²) < 4.78 is 66.4. The number of azo groups is 2. The van der Waals surface area contributed by atoms with E-state index >= 15 is 0 Å². The molecule has 4 aromatic carbocycles. The SMILES string of the molecule is CCNc1ccc(N=Nc2ccc(N=Nc3c(N)ccc4cc(S(=O)(=O)O)cc(O)c34)c(S(=O)(=O)O)c2)c(C)c1. The fourth-order valence-corrected chi connectivity index (χ4v) is 5.00. The average molecular weight is 585 g/mol. The maximum Gasteiger partial charge on any atom is 0.296 e. The molecule has 0 heterocycles. The Morgan fingerprint density at radius 3 is 2.17 bits per heavy atom. The van der Waals surface area contributed by atoms with Crippen LogP contribution in [0.2, 0.25) is 0 Å². The van der Waals surface area contributed by atoms with E-state index in [0.717, 1.165) is 36.0 Å². The van der Waals surface area contributed by atoms with E-state index in [1.807, 2.05) is 26.0 Å². The molecule has 0 aliphatic carbocycles. The van der Waals surface area contributed by atoms with E-state index in [2.05, 4.69) is 25.8 Å². The van der Waals surface area contributed by atoms with E-state index < -0.39 is 35.8 Å². The molecule has 0 saturated heterocycles. The number of rotatable bonds is 8. The van der Waals surface area contributed by atoms with Gasteiger partial charge in [0, 0.05) is 18.3 Å². The van der Waals surface area contributed by atoms with Crippen LogP contribution in [0.5, 0.6) is 5.75 Å². The number of hydrogen-bond donors (Lipinski definition) is 5. The number of anilines is 2. The van der Waals surface area contributed by atoms with Crippen LogP contribution < -0.4 is 11.1 Å². The Morgan fingerprint density at radius 1 is 0.825 bits per heavy atom. The highest BCUT2D eigenvalue weighted by Gasteiger charge is 2.19. The summed E-state index contributed by atoms with van der Waals surface area (Å²) in [6, 6.07) is 13.9. The molecule has 13 nitrogen and oxygen atoms in total. The summed E-state index contributed by atoms with van der Waals surface area (Å²) in [5, 5.41) is 29.9. The molecule has 40 heavy (non-hydrogen) atoms. The number of fused-ring (bicyclic) bond motifs is 1. The Morgan fingerprint density at radius 2 is 1.52 bits per heavy atom. The van der Waals surface area contributed by atoms with Gasteiger partial charge in [-0.05, 0) is 73.3 Å². The Kier molecular flexibility index (Phi) is 7.84. The van der Waals surface area contributed by atoms with Crippen LogP contribution in [0.3, 0.4) is 0 Å². The van der Waals surface area contributed by atoms with Crippen molar-refractivity contribution in [2.75, 3.05) is 17.6 Å². The molecule has 15 heteroatoms. The number of hydrogen-bond acceptors (Lipinski definition) is 11. The van der Waals surface area contributed by atoms with Crippen molar-refractivity contribution in [1.82, 2.24) is 0 Å². The minimum Gasteiger partial charge on any atom is -0.507 e. The third-order valence-electron chi connectivity index (χ3n) is 5.70. The molecule has 208 valence electrons. The van der Waals surface area contributed by atoms with Crippen molar-refractivity contribution < 1.29 is 31.0 Å². The monoisotopic (exact) mass is 584 g/mol. The Bertz CT molecular complexity index is 1910. The second kappa shape index (κ2) is 11.0. The summed E-state index contributed by atoms with van der Waals surface area (Å²) in [7, 11) is -9.39. The molecular formula is C25H24N6O7S2. The van der Waals surface area contributed by atoms with Gasteiger partial charge in [0.05, 0.1) is 27.3 Å². The highest BCUT2D eigenvalue weighted by atomic mass is 32.2. The number of nitrogens with zero attached hydrogens (tertiary/aromatic N) is 4. The molecule has 0 radical (unpaired) electrons. The summed E-state index contributed by atoms with van der Waals surface area (Å²) in [6.45, 7) is 4.58. The predicted octanol–water partition coefficient (Wildman–Crippen LogP) is 6.19. The summed E-state index contributed by atoms with van der Waals surface area (Å²) in [4.78, 5) is -1.16. The van der Waals surface area contributed by atoms with Crippen molar-refractivity contribution in [1.29, 1.82) is 0 Å². The maximum absolute atomic E-state index is 12.1. The van der Waals surface area contributed by atoms with Gasteiger partial charge in [-0.15, -0.1) is 10.2 Å². The summed E-state index contributed by atoms with van der Waals surface area (Å²) >= 11 is 0. The highest BCUT2D eigenvalue weighted by molar-refractivity contribution is 7.86. The normalized spacial score (nSPS) is 12.5. The van der Waals surface area contributed by atoms with Crippen LogP contribution in [-0.2, 0) is 20.2 Å². The minimum atomic E-state index is -4.78. The summed E-state index contributed by atoms with van der Waals surface area (Å²) in [6.07, 6.45) is 0. The molecule has 0 amide bonds. The van der Waals surface area contributed by atoms with Crippen molar-refractivity contribution in [2.24, 2.45) is 20.5 Å². The zero-order valence-electron chi connectivity index (χ0n) is 21.1. The van der Waals surface area contributed by atoms with Gasteiger partial charge in [0.2, 0.25) is 0 Å². The van der Waals surface area contributed by atoms with Gasteiger partial charge in [0.25, 0.3) is 20.2 Å². The molecule has 4 rings (SSSR count). The molecular weight excluding hydrogens is 560 g/mol. The van der Waals surface area contributed by atoms with Crippen LogP contribution >= 0.6 is 0 Å². The largest absolute Gasteiger partial charge is 0.507 e. The Hall–Kier alpha value is -4.44. The van der Waals surface area contributed by atoms with Crippen molar-refractivity contribution in [3.63, 3.8) is 0 Å². The van der Waals surface area contributed by atoms with Gasteiger partial charge in [-0.1, -0.05) is 6.07 Å². The van der Waals surface area contributed by atoms with Gasteiger partial charge < -0.3 is 16.2 Å². The standard InChI is InChI=1S/C25H24N6O7S2/c1-3-27-16-5-8-20(14(2)10-16)29-28-17-6-9-21(23(12-17)40(36,37)38)30-31-25-19(26)7-4-15-11-18(39(33,34)35)13-22(32)24(15)25/h4-13,27,32H,3,26H2,1-2H3,(H,33,34,35)(H,36,37,38). The number of nitrogens with two attached hydrogens (primary N) is 1. The second-order valence-electron chi connectivity index (χ2n) is 8.58. The molecule has 0 spiro atoms. The lowest BCUT2D eigenvalue weighted by Crippen LogP contribution is -1.98. The van der Waals surface area contributed by atoms with Crippen molar-refractivity contribution in [3.05, 3.63) is 66.2 Å². The fraction of sp³-hybridized carbons (Fsp3) is 0.120. The zero-order valence-corrected chi connectivity index (χ0v) is 22.8. The molecule has 0 unspecified atom stereocenters. The molecule has 4 aromatic rings. The second-order valence-corrected chi connectivity index (χ2v) is 11.4. The van der Waals surface area contributed by atoms with Crippen LogP contribution in [0.15, 0.2) is 90.9 Å². The first-order valence-corrected chi connectivity index (χ1v) is 14.5. The molecule has 0 aliphatic heterocycles. The quantitative estimate of drug-likeness (QED) is 0.0904. The van der Waals surface area contributed by atoms with E-state index in [4.69, 9.17) is 5.73 Å². The lowest BCUT2D eigenvalue weighted by molar-refractivity contribution is 0.471. The first-order valence-electron chi connectivity index (χ1n) is 11.6. The van der Waals surface area contributed by atoms with Gasteiger partial charge in [-0.3, -0.25) is 9.11 Å². The third kappa shape index (κ3) is 6.23. The van der Waals surface area contributed by atoms with Crippen molar-refractivity contribution in [2.45, 2.75) is 23.6 Å². The summed E-state index contributed by atoms with van der Waals surface area (Å²) in [5.41, 5.74) is 8.08. The van der Waals surface area contributed by atoms with Crippen LogP contribution in [0.25, 0.3) is 10.8 Å². The molecule has 6 N–H and O–H groups in total. The van der Waals surface area contributed by atoms with Gasteiger partial charge in [-0.2, -0.15) is 27.1 Å². The van der Waals surface area contributed by atoms with E-state index in [0.29, 0.717) is 5.69 Å². The minimum absolute atomic E-state index is 0.00509. The maximum atomic E-state index is 12.1. The number of phenols is 1. The predicted molar refractivity (Wildman–Crippen MR) is 150 cm³/mol. The van der Waals surface area contributed by atoms with Gasteiger partial charge >= 0.3 is 0 Å². The number of phenolic OH excluding ortho intramolecular Hbond substituents is 1. The first kappa shape index (κ1) is 28.6. The van der Waals surface area contributed by atoms with E-state index in [1.165, 1.54) is 24.3 Å². The third-order valence-corrected chi connectivity index (χ3v) is 7.42. The number of aryl methyl sites for hydroxylation is 1. The lowest BCUT2D eigenvalue weighted by Gasteiger charge is -2.09. The van der Waals surface area contributed by atoms with E-state index in [-0.39, 0.29) is 33.5 Å². The number of aromatic hydroxyl groups is 1. The zero-order chi connectivity index (χ0) is 29.2. The number of benzene rings is 4. The van der Waals surface area contributed by atoms with E-state index in [9.17, 15) is 31.0 Å². The fourth-order valence-electron chi connectivity index (χ4n) is 3.82. The van der Waals surface area contributed by atoms with Gasteiger partial charge in [-0.25, -0.2) is 0 Å². The first-order chi connectivity index (χ1) is 18.8. The van der Waals surface area contributed by atoms with Crippen LogP contribution in [-0.4, -0.2) is 37.6 Å². The van der Waals surface area contributed by atoms with Crippen LogP contribution in [0.4, 0.5) is 34.1 Å². The highest BCUT2D eigenvalue weighted by Crippen LogP contribution is 2.41. The van der Waals surface area contributed by atoms with Gasteiger partial charge in [0.15, 0.2) is 0 Å².